The van der Waals surface area contributed by atoms with Gasteiger partial charge in [-0.2, -0.15) is 0 Å². The lowest BCUT2D eigenvalue weighted by Crippen LogP contribution is -2.59. The highest BCUT2D eigenvalue weighted by molar-refractivity contribution is 5.95. The zero-order valence-electron chi connectivity index (χ0n) is 25.6. The highest BCUT2D eigenvalue weighted by Crippen LogP contribution is 2.20. The quantitative estimate of drug-likeness (QED) is 0.0933. The van der Waals surface area contributed by atoms with E-state index in [-0.39, 0.29) is 31.7 Å². The van der Waals surface area contributed by atoms with Crippen molar-refractivity contribution in [1.82, 2.24) is 26.3 Å². The van der Waals surface area contributed by atoms with Gasteiger partial charge in [0.2, 0.25) is 23.6 Å². The van der Waals surface area contributed by atoms with Gasteiger partial charge in [0.1, 0.15) is 24.2 Å². The van der Waals surface area contributed by atoms with Crippen LogP contribution in [0.1, 0.15) is 58.4 Å². The minimum atomic E-state index is -1.28. The number of carbonyl (C=O) groups is 5. The maximum atomic E-state index is 13.6. The molecule has 0 radical (unpaired) electrons. The Morgan fingerprint density at radius 2 is 1.52 bits per heavy atom. The van der Waals surface area contributed by atoms with Crippen molar-refractivity contribution in [1.29, 1.82) is 0 Å². The first-order valence-electron chi connectivity index (χ1n) is 15.0. The summed E-state index contributed by atoms with van der Waals surface area (Å²) in [7, 11) is 0. The third kappa shape index (κ3) is 10.9. The molecule has 1 aromatic carbocycles. The summed E-state index contributed by atoms with van der Waals surface area (Å²) in [4.78, 5) is 67.5. The SMILES string of the molecule is CCC(C)[C@H](NC(=O)CN)C(=O)N[C@@H](C[C@@H](C)O)C(=O)N[C@@H](Cc1c[nH]c2ccccc12)C(=O)N[C@@H](CCCCN)C(=O)O. The van der Waals surface area contributed by atoms with E-state index < -0.39 is 59.9 Å². The van der Waals surface area contributed by atoms with Crippen LogP contribution in [0.4, 0.5) is 0 Å². The fraction of sp³-hybridized carbons (Fsp3) is 0.567. The van der Waals surface area contributed by atoms with E-state index in [1.54, 1.807) is 13.1 Å². The molecule has 14 heteroatoms. The van der Waals surface area contributed by atoms with Crippen molar-refractivity contribution in [2.75, 3.05) is 13.1 Å². The Bertz CT molecular complexity index is 1270. The van der Waals surface area contributed by atoms with Crippen LogP contribution in [0.5, 0.6) is 0 Å². The molecule has 14 nitrogen and oxygen atoms in total. The number of para-hydroxylation sites is 1. The van der Waals surface area contributed by atoms with Gasteiger partial charge in [-0.1, -0.05) is 38.5 Å². The van der Waals surface area contributed by atoms with Crippen LogP contribution in [-0.2, 0) is 30.4 Å². The average Bonchev–Trinajstić information content (AvgIpc) is 3.40. The topological polar surface area (TPSA) is 242 Å². The predicted octanol–water partition coefficient (Wildman–Crippen LogP) is -0.361. The van der Waals surface area contributed by atoms with Gasteiger partial charge in [-0.3, -0.25) is 19.2 Å². The van der Waals surface area contributed by atoms with Crippen LogP contribution >= 0.6 is 0 Å². The number of benzene rings is 1. The molecule has 0 saturated heterocycles. The third-order valence-electron chi connectivity index (χ3n) is 7.50. The number of carbonyl (C=O) groups excluding carboxylic acids is 4. The zero-order chi connectivity index (χ0) is 32.8. The van der Waals surface area contributed by atoms with E-state index >= 15 is 0 Å². The van der Waals surface area contributed by atoms with Crippen LogP contribution in [0.15, 0.2) is 30.5 Å². The molecule has 6 atom stereocenters. The first-order chi connectivity index (χ1) is 20.9. The number of hydrogen-bond donors (Lipinski definition) is 9. The summed E-state index contributed by atoms with van der Waals surface area (Å²) in [6.45, 7) is 5.10. The molecule has 4 amide bonds. The number of aliphatic hydroxyl groups is 1. The molecule has 2 aromatic rings. The first-order valence-corrected chi connectivity index (χ1v) is 15.0. The lowest BCUT2D eigenvalue weighted by atomic mass is 9.97. The molecule has 0 aliphatic rings. The van der Waals surface area contributed by atoms with Gasteiger partial charge < -0.3 is 47.9 Å². The first kappa shape index (κ1) is 36.2. The van der Waals surface area contributed by atoms with Gasteiger partial charge >= 0.3 is 5.97 Å². The molecule has 0 aliphatic carbocycles. The van der Waals surface area contributed by atoms with Gasteiger partial charge in [0.05, 0.1) is 12.6 Å². The Morgan fingerprint density at radius 3 is 2.14 bits per heavy atom. The summed E-state index contributed by atoms with van der Waals surface area (Å²) in [5.74, 6) is -4.20. The third-order valence-corrected chi connectivity index (χ3v) is 7.50. The minimum Gasteiger partial charge on any atom is -0.480 e. The molecule has 1 heterocycles. The van der Waals surface area contributed by atoms with Gasteiger partial charge in [0, 0.05) is 29.9 Å². The minimum absolute atomic E-state index is 0.00806. The van der Waals surface area contributed by atoms with Crippen molar-refractivity contribution < 1.29 is 34.2 Å². The Morgan fingerprint density at radius 1 is 0.886 bits per heavy atom. The molecule has 0 aliphatic heterocycles. The van der Waals surface area contributed by atoms with E-state index in [9.17, 15) is 34.2 Å². The summed E-state index contributed by atoms with van der Waals surface area (Å²) in [6.07, 6.45) is 2.28. The fourth-order valence-corrected chi connectivity index (χ4v) is 4.79. The Kier molecular flexibility index (Phi) is 14.8. The number of aromatic amines is 1. The molecule has 1 aromatic heterocycles. The number of aromatic nitrogens is 1. The maximum absolute atomic E-state index is 13.6. The summed E-state index contributed by atoms with van der Waals surface area (Å²) >= 11 is 0. The number of hydrogen-bond acceptors (Lipinski definition) is 8. The molecule has 11 N–H and O–H groups in total. The number of nitrogens with two attached hydrogens (primary N) is 2. The highest BCUT2D eigenvalue weighted by Gasteiger charge is 2.33. The smallest absolute Gasteiger partial charge is 0.326 e. The van der Waals surface area contributed by atoms with Crippen LogP contribution < -0.4 is 32.7 Å². The summed E-state index contributed by atoms with van der Waals surface area (Å²) in [6, 6.07) is 2.69. The van der Waals surface area contributed by atoms with E-state index in [4.69, 9.17) is 11.5 Å². The van der Waals surface area contributed by atoms with E-state index in [0.717, 1.165) is 10.9 Å². The second-order valence-corrected chi connectivity index (χ2v) is 11.1. The van der Waals surface area contributed by atoms with Crippen LogP contribution in [-0.4, -0.2) is 88.2 Å². The number of fused-ring (bicyclic) bond motifs is 1. The highest BCUT2D eigenvalue weighted by atomic mass is 16.4. The standard InChI is InChI=1S/C30H47N7O7/c1-4-17(2)26(37-25(39)15-32)29(42)36-23(13-18(3)38)27(40)35-24(14-19-16-33-21-10-6-5-9-20(19)21)28(41)34-22(30(43)44)11-7-8-12-31/h5-6,9-10,16-18,22-24,26,33,38H,4,7-8,11-15,31-32H2,1-3H3,(H,34,41)(H,35,40)(H,36,42)(H,37,39)(H,43,44)/t17?,18-,22+,23+,24+,26+/m1/s1. The van der Waals surface area contributed by atoms with Gasteiger partial charge in [-0.15, -0.1) is 0 Å². The Hall–Kier alpha value is -4.01. The number of carboxylic acids is 1. The predicted molar refractivity (Wildman–Crippen MR) is 165 cm³/mol. The van der Waals surface area contributed by atoms with Crippen molar-refractivity contribution in [3.63, 3.8) is 0 Å². The van der Waals surface area contributed by atoms with Crippen molar-refractivity contribution in [3.8, 4) is 0 Å². The molecular formula is C30H47N7O7. The number of H-pyrrole nitrogens is 1. The molecule has 1 unspecified atom stereocenters. The molecule has 2 rings (SSSR count). The van der Waals surface area contributed by atoms with Crippen molar-refractivity contribution in [2.45, 2.75) is 89.6 Å². The van der Waals surface area contributed by atoms with Crippen LogP contribution in [0, 0.1) is 5.92 Å². The second kappa shape index (κ2) is 18.0. The molecule has 0 saturated carbocycles. The normalized spacial score (nSPS) is 15.3. The number of aliphatic hydroxyl groups excluding tert-OH is 1. The lowest BCUT2D eigenvalue weighted by Gasteiger charge is -2.28. The summed E-state index contributed by atoms with van der Waals surface area (Å²) in [5.41, 5.74) is 12.5. The number of carboxylic acid groups (broad SMARTS) is 1. The fourth-order valence-electron chi connectivity index (χ4n) is 4.79. The van der Waals surface area contributed by atoms with E-state index in [2.05, 4.69) is 26.3 Å². The molecule has 0 fully saturated rings. The number of unbranched alkanes of at least 4 members (excludes halogenated alkanes) is 1. The summed E-state index contributed by atoms with van der Waals surface area (Å²) in [5, 5.41) is 31.0. The largest absolute Gasteiger partial charge is 0.480 e. The molecule has 244 valence electrons. The molecule has 0 spiro atoms. The Labute approximate surface area is 257 Å². The second-order valence-electron chi connectivity index (χ2n) is 11.1. The van der Waals surface area contributed by atoms with Crippen molar-refractivity contribution >= 4 is 40.5 Å². The van der Waals surface area contributed by atoms with Crippen LogP contribution in [0.3, 0.4) is 0 Å². The van der Waals surface area contributed by atoms with E-state index in [1.165, 1.54) is 6.92 Å². The van der Waals surface area contributed by atoms with Gasteiger partial charge in [-0.05, 0) is 50.3 Å². The number of amides is 4. The van der Waals surface area contributed by atoms with E-state index in [1.807, 2.05) is 31.2 Å². The zero-order valence-corrected chi connectivity index (χ0v) is 25.6. The summed E-state index contributed by atoms with van der Waals surface area (Å²) < 4.78 is 0. The molecule has 0 bridgehead atoms. The van der Waals surface area contributed by atoms with Crippen molar-refractivity contribution in [3.05, 3.63) is 36.0 Å². The number of rotatable bonds is 19. The maximum Gasteiger partial charge on any atom is 0.326 e. The number of nitrogens with one attached hydrogen (secondary N) is 5. The lowest BCUT2D eigenvalue weighted by molar-refractivity contribution is -0.142. The number of aliphatic carboxylic acids is 1. The van der Waals surface area contributed by atoms with Gasteiger partial charge in [0.15, 0.2) is 0 Å². The van der Waals surface area contributed by atoms with Gasteiger partial charge in [0.25, 0.3) is 0 Å². The monoisotopic (exact) mass is 617 g/mol. The van der Waals surface area contributed by atoms with Gasteiger partial charge in [-0.25, -0.2) is 4.79 Å². The van der Waals surface area contributed by atoms with Crippen LogP contribution in [0.2, 0.25) is 0 Å². The van der Waals surface area contributed by atoms with Crippen molar-refractivity contribution in [2.24, 2.45) is 17.4 Å². The molecule has 44 heavy (non-hydrogen) atoms. The Balaban J connectivity index is 2.36. The molecular weight excluding hydrogens is 570 g/mol. The van der Waals surface area contributed by atoms with E-state index in [0.29, 0.717) is 31.4 Å². The average molecular weight is 618 g/mol. The van der Waals surface area contributed by atoms with Crippen LogP contribution in [0.25, 0.3) is 10.9 Å².